The van der Waals surface area contributed by atoms with Gasteiger partial charge in [0.25, 0.3) is 5.91 Å². The number of halogens is 1. The van der Waals surface area contributed by atoms with E-state index >= 15 is 0 Å². The van der Waals surface area contributed by atoms with Gasteiger partial charge in [0, 0.05) is 11.1 Å². The number of hydrogen-bond donors (Lipinski definition) is 2. The second-order valence-electron chi connectivity index (χ2n) is 5.39. The van der Waals surface area contributed by atoms with Gasteiger partial charge in [-0.1, -0.05) is 41.9 Å². The van der Waals surface area contributed by atoms with E-state index in [1.54, 1.807) is 36.4 Å². The van der Waals surface area contributed by atoms with Crippen molar-refractivity contribution >= 4 is 29.0 Å². The normalized spacial score (nSPS) is 19.7. The molecule has 112 valence electrons. The van der Waals surface area contributed by atoms with E-state index in [0.29, 0.717) is 21.8 Å². The molecule has 0 bridgehead atoms. The van der Waals surface area contributed by atoms with E-state index in [4.69, 9.17) is 11.6 Å². The molecule has 0 radical (unpaired) electrons. The first-order chi connectivity index (χ1) is 10.4. The van der Waals surface area contributed by atoms with Gasteiger partial charge >= 0.3 is 0 Å². The fourth-order valence-electron chi connectivity index (χ4n) is 2.71. The van der Waals surface area contributed by atoms with Crippen LogP contribution in [0.15, 0.2) is 42.5 Å². The highest BCUT2D eigenvalue weighted by Gasteiger charge is 2.47. The zero-order valence-corrected chi connectivity index (χ0v) is 12.6. The first kappa shape index (κ1) is 14.8. The number of anilines is 1. The molecule has 5 heteroatoms. The van der Waals surface area contributed by atoms with Crippen molar-refractivity contribution in [2.75, 3.05) is 5.32 Å². The van der Waals surface area contributed by atoms with Crippen LogP contribution in [0.3, 0.4) is 0 Å². The molecule has 1 heterocycles. The maximum atomic E-state index is 12.4. The second kappa shape index (κ2) is 5.23. The van der Waals surface area contributed by atoms with Gasteiger partial charge in [0.2, 0.25) is 0 Å². The first-order valence-corrected chi connectivity index (χ1v) is 7.23. The first-order valence-electron chi connectivity index (χ1n) is 6.85. The standard InChI is InChI=1S/C17H14ClNO3/c1-10-5-4-7-12-15(10)19-16(21)17(12,22)9-14(20)11-6-2-3-8-13(11)18/h2-8,22H,9H2,1H3,(H,19,21). The minimum atomic E-state index is -1.86. The highest BCUT2D eigenvalue weighted by Crippen LogP contribution is 2.40. The number of para-hydroxylation sites is 1. The predicted molar refractivity (Wildman–Crippen MR) is 84.1 cm³/mol. The van der Waals surface area contributed by atoms with Crippen molar-refractivity contribution < 1.29 is 14.7 Å². The summed E-state index contributed by atoms with van der Waals surface area (Å²) in [5.74, 6) is -0.963. The number of carbonyl (C=O) groups is 2. The Labute approximate surface area is 132 Å². The molecule has 3 rings (SSSR count). The summed E-state index contributed by atoms with van der Waals surface area (Å²) in [5.41, 5.74) is 0.274. The highest BCUT2D eigenvalue weighted by molar-refractivity contribution is 6.34. The molecule has 0 saturated carbocycles. The zero-order chi connectivity index (χ0) is 15.9. The number of fused-ring (bicyclic) bond motifs is 1. The molecule has 0 aliphatic carbocycles. The number of carbonyl (C=O) groups excluding carboxylic acids is 2. The average molecular weight is 316 g/mol. The van der Waals surface area contributed by atoms with Crippen molar-refractivity contribution in [1.82, 2.24) is 0 Å². The summed E-state index contributed by atoms with van der Waals surface area (Å²) in [4.78, 5) is 24.7. The highest BCUT2D eigenvalue weighted by atomic mass is 35.5. The van der Waals surface area contributed by atoms with Crippen molar-refractivity contribution in [1.29, 1.82) is 0 Å². The fraction of sp³-hybridized carbons (Fsp3) is 0.176. The Hall–Kier alpha value is -2.17. The van der Waals surface area contributed by atoms with Crippen LogP contribution >= 0.6 is 11.6 Å². The molecule has 0 spiro atoms. The van der Waals surface area contributed by atoms with Crippen LogP contribution in [0.4, 0.5) is 5.69 Å². The summed E-state index contributed by atoms with van der Waals surface area (Å²) < 4.78 is 0. The lowest BCUT2D eigenvalue weighted by Crippen LogP contribution is -2.36. The van der Waals surface area contributed by atoms with Gasteiger partial charge in [-0.3, -0.25) is 9.59 Å². The maximum absolute atomic E-state index is 12.4. The Morgan fingerprint density at radius 2 is 1.95 bits per heavy atom. The van der Waals surface area contributed by atoms with Gasteiger partial charge in [-0.2, -0.15) is 0 Å². The smallest absolute Gasteiger partial charge is 0.261 e. The van der Waals surface area contributed by atoms with Crippen molar-refractivity contribution in [3.63, 3.8) is 0 Å². The zero-order valence-electron chi connectivity index (χ0n) is 11.9. The Kier molecular flexibility index (Phi) is 3.51. The largest absolute Gasteiger partial charge is 0.375 e. The van der Waals surface area contributed by atoms with Gasteiger partial charge in [-0.25, -0.2) is 0 Å². The minimum absolute atomic E-state index is 0.298. The van der Waals surface area contributed by atoms with Gasteiger partial charge in [0.1, 0.15) is 0 Å². The molecule has 1 atom stereocenters. The van der Waals surface area contributed by atoms with Crippen LogP contribution in [-0.4, -0.2) is 16.8 Å². The van der Waals surface area contributed by atoms with Gasteiger partial charge in [-0.15, -0.1) is 0 Å². The lowest BCUT2D eigenvalue weighted by atomic mass is 9.87. The number of Topliss-reactive ketones (excluding diaryl/α,β-unsaturated/α-hetero) is 1. The summed E-state index contributed by atoms with van der Waals surface area (Å²) in [7, 11) is 0. The Morgan fingerprint density at radius 3 is 2.68 bits per heavy atom. The number of ketones is 1. The molecule has 1 aliphatic rings. The van der Waals surface area contributed by atoms with E-state index in [1.807, 2.05) is 13.0 Å². The molecule has 4 nitrogen and oxygen atoms in total. The Bertz CT molecular complexity index is 787. The topological polar surface area (TPSA) is 66.4 Å². The van der Waals surface area contributed by atoms with Crippen molar-refractivity contribution in [3.05, 3.63) is 64.2 Å². The Balaban J connectivity index is 1.99. The average Bonchev–Trinajstić information content (AvgIpc) is 2.73. The molecular weight excluding hydrogens is 302 g/mol. The lowest BCUT2D eigenvalue weighted by molar-refractivity contribution is -0.133. The van der Waals surface area contributed by atoms with Crippen LogP contribution in [0, 0.1) is 6.92 Å². The number of amides is 1. The molecule has 1 amide bonds. The summed E-state index contributed by atoms with van der Waals surface area (Å²) in [6, 6.07) is 11.8. The molecule has 2 N–H and O–H groups in total. The third-order valence-corrected chi connectivity index (χ3v) is 4.25. The van der Waals surface area contributed by atoms with E-state index in [1.165, 1.54) is 0 Å². The molecule has 0 saturated heterocycles. The van der Waals surface area contributed by atoms with Crippen LogP contribution in [0.5, 0.6) is 0 Å². The molecule has 22 heavy (non-hydrogen) atoms. The number of aryl methyl sites for hydroxylation is 1. The van der Waals surface area contributed by atoms with Crippen LogP contribution in [0.1, 0.15) is 27.9 Å². The van der Waals surface area contributed by atoms with Crippen molar-refractivity contribution in [3.8, 4) is 0 Å². The summed E-state index contributed by atoms with van der Waals surface area (Å²) in [6.45, 7) is 1.83. The maximum Gasteiger partial charge on any atom is 0.261 e. The second-order valence-corrected chi connectivity index (χ2v) is 5.80. The number of rotatable bonds is 3. The van der Waals surface area contributed by atoms with Crippen LogP contribution < -0.4 is 5.32 Å². The lowest BCUT2D eigenvalue weighted by Gasteiger charge is -2.20. The van der Waals surface area contributed by atoms with Crippen LogP contribution in [-0.2, 0) is 10.4 Å². The molecule has 0 aromatic heterocycles. The fourth-order valence-corrected chi connectivity index (χ4v) is 2.95. The SMILES string of the molecule is Cc1cccc2c1NC(=O)C2(O)CC(=O)c1ccccc1Cl. The third kappa shape index (κ3) is 2.21. The number of aliphatic hydroxyl groups is 1. The van der Waals surface area contributed by atoms with Crippen molar-refractivity contribution in [2.45, 2.75) is 18.9 Å². The summed E-state index contributed by atoms with van der Waals surface area (Å²) >= 11 is 6.01. The number of hydrogen-bond acceptors (Lipinski definition) is 3. The van der Waals surface area contributed by atoms with Crippen LogP contribution in [0.25, 0.3) is 0 Å². The summed E-state index contributed by atoms with van der Waals surface area (Å²) in [6.07, 6.45) is -0.348. The molecule has 1 aliphatic heterocycles. The predicted octanol–water partition coefficient (Wildman–Crippen LogP) is 3.06. The quantitative estimate of drug-likeness (QED) is 0.855. The van der Waals surface area contributed by atoms with E-state index < -0.39 is 11.5 Å². The third-order valence-electron chi connectivity index (χ3n) is 3.92. The van der Waals surface area contributed by atoms with E-state index in [-0.39, 0.29) is 12.2 Å². The number of nitrogens with one attached hydrogen (secondary N) is 1. The van der Waals surface area contributed by atoms with Crippen LogP contribution in [0.2, 0.25) is 5.02 Å². The van der Waals surface area contributed by atoms with Gasteiger partial charge in [-0.05, 0) is 24.6 Å². The monoisotopic (exact) mass is 315 g/mol. The minimum Gasteiger partial charge on any atom is -0.375 e. The molecule has 2 aromatic rings. The van der Waals surface area contributed by atoms with Crippen molar-refractivity contribution in [2.24, 2.45) is 0 Å². The van der Waals surface area contributed by atoms with Gasteiger partial charge < -0.3 is 10.4 Å². The number of benzene rings is 2. The molecule has 1 unspecified atom stereocenters. The van der Waals surface area contributed by atoms with Gasteiger partial charge in [0.05, 0.1) is 17.1 Å². The summed E-state index contributed by atoms with van der Waals surface area (Å²) in [5, 5.41) is 13.7. The Morgan fingerprint density at radius 1 is 1.23 bits per heavy atom. The molecular formula is C17H14ClNO3. The molecule has 2 aromatic carbocycles. The van der Waals surface area contributed by atoms with E-state index in [2.05, 4.69) is 5.32 Å². The van der Waals surface area contributed by atoms with Gasteiger partial charge in [0.15, 0.2) is 11.4 Å². The van der Waals surface area contributed by atoms with E-state index in [9.17, 15) is 14.7 Å². The molecule has 0 fully saturated rings. The van der Waals surface area contributed by atoms with E-state index in [0.717, 1.165) is 5.56 Å².